The first-order chi connectivity index (χ1) is 12.8. The van der Waals surface area contributed by atoms with Gasteiger partial charge in [0.25, 0.3) is 0 Å². The molecule has 0 atom stereocenters. The number of nitrogens with zero attached hydrogens (tertiary/aromatic N) is 3. The lowest BCUT2D eigenvalue weighted by molar-refractivity contribution is 0.398. The molecule has 0 fully saturated rings. The van der Waals surface area contributed by atoms with Crippen LogP contribution in [-0.2, 0) is 0 Å². The van der Waals surface area contributed by atoms with Crippen molar-refractivity contribution in [3.8, 4) is 28.1 Å². The van der Waals surface area contributed by atoms with Crippen molar-refractivity contribution in [1.82, 2.24) is 24.9 Å². The van der Waals surface area contributed by atoms with E-state index in [-0.39, 0.29) is 0 Å². The molecule has 6 nitrogen and oxygen atoms in total. The van der Waals surface area contributed by atoms with Crippen LogP contribution in [0.1, 0.15) is 0 Å². The van der Waals surface area contributed by atoms with Crippen LogP contribution in [0, 0.1) is 0 Å². The van der Waals surface area contributed by atoms with Gasteiger partial charge in [0.15, 0.2) is 0 Å². The van der Waals surface area contributed by atoms with Gasteiger partial charge in [-0.3, -0.25) is 0 Å². The van der Waals surface area contributed by atoms with Crippen molar-refractivity contribution in [2.24, 2.45) is 0 Å². The summed E-state index contributed by atoms with van der Waals surface area (Å²) in [7, 11) is 1.61. The number of hydrogen-bond acceptors (Lipinski definition) is 4. The summed E-state index contributed by atoms with van der Waals surface area (Å²) in [6.07, 6.45) is 7.35. The Bertz CT molecular complexity index is 1220. The van der Waals surface area contributed by atoms with E-state index in [1.54, 1.807) is 19.6 Å². The number of benzene rings is 1. The van der Waals surface area contributed by atoms with Crippen molar-refractivity contribution >= 4 is 22.1 Å². The minimum Gasteiger partial charge on any atom is -0.481 e. The molecule has 1 aromatic carbocycles. The van der Waals surface area contributed by atoms with Crippen LogP contribution in [0.5, 0.6) is 5.88 Å². The maximum absolute atomic E-state index is 5.13. The molecule has 0 amide bonds. The van der Waals surface area contributed by atoms with E-state index in [2.05, 4.69) is 43.1 Å². The summed E-state index contributed by atoms with van der Waals surface area (Å²) in [6.45, 7) is 0. The highest BCUT2D eigenvalue weighted by Gasteiger charge is 2.10. The van der Waals surface area contributed by atoms with Crippen molar-refractivity contribution in [1.29, 1.82) is 0 Å². The third-order valence-corrected chi connectivity index (χ3v) is 4.54. The van der Waals surface area contributed by atoms with Crippen molar-refractivity contribution in [3.05, 3.63) is 61.3 Å². The molecule has 5 rings (SSSR count). The van der Waals surface area contributed by atoms with Crippen LogP contribution in [0.15, 0.2) is 61.3 Å². The minimum absolute atomic E-state index is 0.595. The summed E-state index contributed by atoms with van der Waals surface area (Å²) in [5.41, 5.74) is 7.05. The van der Waals surface area contributed by atoms with Crippen LogP contribution < -0.4 is 4.74 Å². The van der Waals surface area contributed by atoms with Gasteiger partial charge in [-0.15, -0.1) is 0 Å². The molecule has 0 aliphatic carbocycles. The lowest BCUT2D eigenvalue weighted by Crippen LogP contribution is -1.88. The topological polar surface area (TPSA) is 79.5 Å². The van der Waals surface area contributed by atoms with E-state index >= 15 is 0 Å². The third kappa shape index (κ3) is 2.31. The number of imidazole rings is 1. The average molecular weight is 341 g/mol. The molecule has 0 saturated carbocycles. The first kappa shape index (κ1) is 14.7. The van der Waals surface area contributed by atoms with Crippen LogP contribution >= 0.6 is 0 Å². The number of aromatic amines is 2. The van der Waals surface area contributed by atoms with Gasteiger partial charge in [0.05, 0.1) is 24.5 Å². The Morgan fingerprint density at radius 3 is 2.58 bits per heavy atom. The van der Waals surface area contributed by atoms with Crippen LogP contribution in [0.3, 0.4) is 0 Å². The molecule has 5 aromatic rings. The van der Waals surface area contributed by atoms with Crippen molar-refractivity contribution in [3.63, 3.8) is 0 Å². The Morgan fingerprint density at radius 2 is 1.73 bits per heavy atom. The number of fused-ring (bicyclic) bond motifs is 2. The van der Waals surface area contributed by atoms with E-state index in [4.69, 9.17) is 4.74 Å². The van der Waals surface area contributed by atoms with Crippen LogP contribution in [0.2, 0.25) is 0 Å². The number of ether oxygens (including phenoxy) is 1. The zero-order chi connectivity index (χ0) is 17.5. The number of H-pyrrole nitrogens is 2. The van der Waals surface area contributed by atoms with Gasteiger partial charge < -0.3 is 14.7 Å². The molecular formula is C20H15N5O. The molecule has 0 unspecified atom stereocenters. The molecule has 126 valence electrons. The molecular weight excluding hydrogens is 326 g/mol. The second kappa shape index (κ2) is 5.70. The molecule has 4 heterocycles. The number of nitrogens with one attached hydrogen (secondary N) is 2. The maximum atomic E-state index is 5.13. The second-order valence-electron chi connectivity index (χ2n) is 6.05. The predicted molar refractivity (Wildman–Crippen MR) is 101 cm³/mol. The Morgan fingerprint density at radius 1 is 0.846 bits per heavy atom. The summed E-state index contributed by atoms with van der Waals surface area (Å²) < 4.78 is 5.13. The zero-order valence-electron chi connectivity index (χ0n) is 14.0. The van der Waals surface area contributed by atoms with Gasteiger partial charge in [0.1, 0.15) is 5.65 Å². The van der Waals surface area contributed by atoms with Crippen LogP contribution in [-0.4, -0.2) is 32.0 Å². The van der Waals surface area contributed by atoms with E-state index in [9.17, 15) is 0 Å². The highest BCUT2D eigenvalue weighted by atomic mass is 16.5. The van der Waals surface area contributed by atoms with Gasteiger partial charge in [0, 0.05) is 46.7 Å². The zero-order valence-corrected chi connectivity index (χ0v) is 14.0. The normalized spacial score (nSPS) is 11.3. The second-order valence-corrected chi connectivity index (χ2v) is 6.05. The summed E-state index contributed by atoms with van der Waals surface area (Å²) in [6, 6.07) is 12.2. The quantitative estimate of drug-likeness (QED) is 0.516. The number of rotatable bonds is 3. The van der Waals surface area contributed by atoms with Crippen molar-refractivity contribution in [2.75, 3.05) is 7.11 Å². The van der Waals surface area contributed by atoms with Gasteiger partial charge in [-0.2, -0.15) is 0 Å². The van der Waals surface area contributed by atoms with Crippen LogP contribution in [0.4, 0.5) is 0 Å². The standard InChI is InChI=1S/C20H15N5O/c1-26-19-5-3-13(8-21-19)14-6-15-16(10-23-20(15)22-9-14)12-2-4-17-18(7-12)25-11-24-17/h2-11H,1H3,(H,22,23)(H,24,25). The molecule has 6 heteroatoms. The Labute approximate surface area is 148 Å². The maximum Gasteiger partial charge on any atom is 0.212 e. The van der Waals surface area contributed by atoms with E-state index in [1.807, 2.05) is 30.6 Å². The van der Waals surface area contributed by atoms with E-state index in [0.29, 0.717) is 5.88 Å². The summed E-state index contributed by atoms with van der Waals surface area (Å²) in [4.78, 5) is 19.5. The lowest BCUT2D eigenvalue weighted by Gasteiger charge is -2.04. The van der Waals surface area contributed by atoms with Crippen molar-refractivity contribution < 1.29 is 4.74 Å². The molecule has 0 saturated heterocycles. The van der Waals surface area contributed by atoms with Crippen molar-refractivity contribution in [2.45, 2.75) is 0 Å². The fourth-order valence-electron chi connectivity index (χ4n) is 3.18. The fraction of sp³-hybridized carbons (Fsp3) is 0.0500. The highest BCUT2D eigenvalue weighted by Crippen LogP contribution is 2.32. The summed E-state index contributed by atoms with van der Waals surface area (Å²) in [5.74, 6) is 0.595. The van der Waals surface area contributed by atoms with Gasteiger partial charge in [-0.25, -0.2) is 15.0 Å². The number of methoxy groups -OCH3 is 1. The molecule has 0 aliphatic rings. The molecule has 0 radical (unpaired) electrons. The predicted octanol–water partition coefficient (Wildman–Crippen LogP) is 4.18. The average Bonchev–Trinajstić information content (AvgIpc) is 3.33. The monoisotopic (exact) mass is 341 g/mol. The molecule has 0 bridgehead atoms. The first-order valence-corrected chi connectivity index (χ1v) is 8.23. The lowest BCUT2D eigenvalue weighted by atomic mass is 10.0. The SMILES string of the molecule is COc1ccc(-c2cnc3[nH]cc(-c4ccc5nc[nH]c5c4)c3c2)cn1. The molecule has 26 heavy (non-hydrogen) atoms. The molecule has 2 N–H and O–H groups in total. The summed E-state index contributed by atoms with van der Waals surface area (Å²) >= 11 is 0. The largest absolute Gasteiger partial charge is 0.481 e. The highest BCUT2D eigenvalue weighted by molar-refractivity contribution is 5.97. The van der Waals surface area contributed by atoms with Gasteiger partial charge in [0.2, 0.25) is 5.88 Å². The molecule has 0 spiro atoms. The fourth-order valence-corrected chi connectivity index (χ4v) is 3.18. The van der Waals surface area contributed by atoms with Gasteiger partial charge >= 0.3 is 0 Å². The van der Waals surface area contributed by atoms with Gasteiger partial charge in [-0.05, 0) is 29.8 Å². The Balaban J connectivity index is 1.64. The minimum atomic E-state index is 0.595. The van der Waals surface area contributed by atoms with E-state index < -0.39 is 0 Å². The summed E-state index contributed by atoms with van der Waals surface area (Å²) in [5, 5.41) is 1.07. The number of hydrogen-bond donors (Lipinski definition) is 2. The molecule has 0 aliphatic heterocycles. The Kier molecular flexibility index (Phi) is 3.21. The first-order valence-electron chi connectivity index (χ1n) is 8.23. The van der Waals surface area contributed by atoms with Gasteiger partial charge in [-0.1, -0.05) is 6.07 Å². The molecule has 4 aromatic heterocycles. The smallest absolute Gasteiger partial charge is 0.212 e. The van der Waals surface area contributed by atoms with E-state index in [1.165, 1.54) is 0 Å². The van der Waals surface area contributed by atoms with Crippen LogP contribution in [0.25, 0.3) is 44.3 Å². The van der Waals surface area contributed by atoms with E-state index in [0.717, 1.165) is 44.3 Å². The number of pyridine rings is 2. The third-order valence-electron chi connectivity index (χ3n) is 4.54. The number of aromatic nitrogens is 5. The Hall–Kier alpha value is -3.67.